The Kier molecular flexibility index (Phi) is 4.90. The lowest BCUT2D eigenvalue weighted by molar-refractivity contribution is -0.107. The van der Waals surface area contributed by atoms with E-state index in [1.807, 2.05) is 12.3 Å². The Morgan fingerprint density at radius 3 is 3.08 bits per heavy atom. The number of carbonyl (C=O) groups is 2. The van der Waals surface area contributed by atoms with Crippen LogP contribution < -0.4 is 15.5 Å². The fourth-order valence-electron chi connectivity index (χ4n) is 2.90. The van der Waals surface area contributed by atoms with Crippen LogP contribution in [-0.2, 0) is 4.79 Å². The van der Waals surface area contributed by atoms with Gasteiger partial charge in [0.2, 0.25) is 0 Å². The van der Waals surface area contributed by atoms with Crippen LogP contribution in [0.25, 0.3) is 11.1 Å². The number of anilines is 1. The number of carbonyl (C=O) groups excluding carboxylic acids is 2. The van der Waals surface area contributed by atoms with Crippen LogP contribution in [0, 0.1) is 0 Å². The molecule has 0 bridgehead atoms. The Hall–Kier alpha value is -2.67. The minimum atomic E-state index is -0.253. The van der Waals surface area contributed by atoms with E-state index in [1.54, 1.807) is 22.7 Å². The topological polar surface area (TPSA) is 78.7 Å². The van der Waals surface area contributed by atoms with Crippen molar-refractivity contribution in [3.05, 3.63) is 36.2 Å². The summed E-state index contributed by atoms with van der Waals surface area (Å²) in [6, 6.07) is 3.77. The van der Waals surface area contributed by atoms with Crippen molar-refractivity contribution >= 4 is 29.1 Å². The number of aromatic nitrogens is 2. The number of hydrogen-bond acceptors (Lipinski definition) is 4. The number of pyridine rings is 1. The van der Waals surface area contributed by atoms with Gasteiger partial charge in [0.05, 0.1) is 17.4 Å². The maximum absolute atomic E-state index is 12.1. The van der Waals surface area contributed by atoms with E-state index in [2.05, 4.69) is 27.9 Å². The lowest BCUT2D eigenvalue weighted by atomic mass is 10.0. The first kappa shape index (κ1) is 16.2. The van der Waals surface area contributed by atoms with E-state index >= 15 is 0 Å². The van der Waals surface area contributed by atoms with Crippen molar-refractivity contribution in [1.29, 1.82) is 0 Å². The quantitative estimate of drug-likeness (QED) is 0.815. The Morgan fingerprint density at radius 1 is 1.50 bits per heavy atom. The van der Waals surface area contributed by atoms with E-state index in [-0.39, 0.29) is 12.5 Å². The van der Waals surface area contributed by atoms with Crippen molar-refractivity contribution in [1.82, 2.24) is 20.2 Å². The third-order valence-electron chi connectivity index (χ3n) is 4.15. The van der Waals surface area contributed by atoms with Crippen molar-refractivity contribution in [2.24, 2.45) is 0 Å². The van der Waals surface area contributed by atoms with Crippen LogP contribution in [0.5, 0.6) is 0 Å². The van der Waals surface area contributed by atoms with E-state index in [0.29, 0.717) is 12.2 Å². The smallest absolute Gasteiger partial charge is 0.321 e. The average molecular weight is 327 g/mol. The van der Waals surface area contributed by atoms with Gasteiger partial charge in [-0.2, -0.15) is 5.10 Å². The predicted molar refractivity (Wildman–Crippen MR) is 93.1 cm³/mol. The minimum absolute atomic E-state index is 0.253. The van der Waals surface area contributed by atoms with Gasteiger partial charge in [0.15, 0.2) is 0 Å². The highest BCUT2D eigenvalue weighted by atomic mass is 16.2. The highest BCUT2D eigenvalue weighted by Gasteiger charge is 2.18. The van der Waals surface area contributed by atoms with E-state index < -0.39 is 0 Å². The van der Waals surface area contributed by atoms with Crippen LogP contribution >= 0.6 is 0 Å². The van der Waals surface area contributed by atoms with Crippen molar-refractivity contribution in [3.63, 3.8) is 0 Å². The number of nitrogens with one attached hydrogen (secondary N) is 2. The molecule has 0 aromatic carbocycles. The first-order valence-corrected chi connectivity index (χ1v) is 8.05. The molecule has 1 aliphatic heterocycles. The molecule has 3 heterocycles. The van der Waals surface area contributed by atoms with Crippen molar-refractivity contribution in [3.8, 4) is 0 Å². The van der Waals surface area contributed by atoms with Crippen LogP contribution in [0.1, 0.15) is 18.4 Å². The van der Waals surface area contributed by atoms with Crippen LogP contribution in [-0.4, -0.2) is 48.6 Å². The summed E-state index contributed by atoms with van der Waals surface area (Å²) in [5, 5.41) is 10.3. The molecule has 2 aromatic heterocycles. The lowest BCUT2D eigenvalue weighted by Gasteiger charge is -2.20. The van der Waals surface area contributed by atoms with E-state index in [4.69, 9.17) is 0 Å². The molecule has 0 spiro atoms. The summed E-state index contributed by atoms with van der Waals surface area (Å²) in [7, 11) is 1.57. The van der Waals surface area contributed by atoms with Crippen molar-refractivity contribution in [2.75, 3.05) is 31.6 Å². The summed E-state index contributed by atoms with van der Waals surface area (Å²) in [6.45, 7) is 2.18. The highest BCUT2D eigenvalue weighted by molar-refractivity contribution is 5.96. The summed E-state index contributed by atoms with van der Waals surface area (Å²) in [4.78, 5) is 24.3. The number of rotatable bonds is 5. The molecule has 24 heavy (non-hydrogen) atoms. The summed E-state index contributed by atoms with van der Waals surface area (Å²) >= 11 is 0. The van der Waals surface area contributed by atoms with Gasteiger partial charge in [-0.05, 0) is 30.2 Å². The number of nitrogens with zero attached hydrogens (tertiary/aromatic N) is 3. The normalized spacial score (nSPS) is 14.3. The largest absolute Gasteiger partial charge is 0.341 e. The molecule has 0 unspecified atom stereocenters. The fourth-order valence-corrected chi connectivity index (χ4v) is 2.90. The molecule has 0 saturated heterocycles. The van der Waals surface area contributed by atoms with E-state index in [1.165, 1.54) is 5.57 Å². The molecule has 0 saturated carbocycles. The molecule has 7 heteroatoms. The maximum Gasteiger partial charge on any atom is 0.321 e. The van der Waals surface area contributed by atoms with Gasteiger partial charge in [-0.1, -0.05) is 12.1 Å². The zero-order valence-electron chi connectivity index (χ0n) is 13.7. The summed E-state index contributed by atoms with van der Waals surface area (Å²) < 4.78 is 1.78. The van der Waals surface area contributed by atoms with Gasteiger partial charge >= 0.3 is 6.03 Å². The third kappa shape index (κ3) is 3.16. The fraction of sp³-hybridized carbons (Fsp3) is 0.353. The first-order chi connectivity index (χ1) is 11.7. The lowest BCUT2D eigenvalue weighted by Crippen LogP contribution is -2.38. The second kappa shape index (κ2) is 7.27. The Morgan fingerprint density at radius 2 is 2.38 bits per heavy atom. The summed E-state index contributed by atoms with van der Waals surface area (Å²) in [5.41, 5.74) is 3.97. The van der Waals surface area contributed by atoms with E-state index in [9.17, 15) is 9.59 Å². The van der Waals surface area contributed by atoms with Crippen LogP contribution in [0.2, 0.25) is 0 Å². The van der Waals surface area contributed by atoms with Gasteiger partial charge < -0.3 is 15.4 Å². The Labute approximate surface area is 140 Å². The van der Waals surface area contributed by atoms with E-state index in [0.717, 1.165) is 36.9 Å². The molecule has 2 amide bonds. The second-order valence-electron chi connectivity index (χ2n) is 5.62. The van der Waals surface area contributed by atoms with Crippen molar-refractivity contribution in [2.45, 2.75) is 12.8 Å². The van der Waals surface area contributed by atoms with Crippen LogP contribution in [0.15, 0.2) is 30.6 Å². The second-order valence-corrected chi connectivity index (χ2v) is 5.62. The molecule has 7 nitrogen and oxygen atoms in total. The number of hydrogen-bond donors (Lipinski definition) is 2. The minimum Gasteiger partial charge on any atom is -0.341 e. The zero-order valence-corrected chi connectivity index (χ0v) is 13.7. The molecular weight excluding hydrogens is 306 g/mol. The predicted octanol–water partition coefficient (Wildman–Crippen LogP) is 1.45. The SMILES string of the molecule is CNC(=O)N(CCC=O)c1cnn2cc(C3=CCNCC3)ccc12. The summed E-state index contributed by atoms with van der Waals surface area (Å²) in [5.74, 6) is 0. The third-order valence-corrected chi connectivity index (χ3v) is 4.15. The average Bonchev–Trinajstić information content (AvgIpc) is 3.05. The van der Waals surface area contributed by atoms with Gasteiger partial charge in [-0.3, -0.25) is 4.90 Å². The molecule has 0 radical (unpaired) electrons. The standard InChI is InChI=1S/C17H21N5O2/c1-18-17(24)21(9-2-10-23)16-11-20-22-12-14(3-4-15(16)22)13-5-7-19-8-6-13/h3-5,10-12,19H,2,6-9H2,1H3,(H,18,24). The number of fused-ring (bicyclic) bond motifs is 1. The monoisotopic (exact) mass is 327 g/mol. The van der Waals surface area contributed by atoms with Gasteiger partial charge in [0, 0.05) is 32.8 Å². The Balaban J connectivity index is 1.95. The number of urea groups is 1. The van der Waals surface area contributed by atoms with Crippen LogP contribution in [0.4, 0.5) is 10.5 Å². The van der Waals surface area contributed by atoms with Gasteiger partial charge in [-0.25, -0.2) is 9.31 Å². The van der Waals surface area contributed by atoms with Crippen LogP contribution in [0.3, 0.4) is 0 Å². The molecule has 126 valence electrons. The Bertz CT molecular complexity index is 780. The number of amides is 2. The molecule has 2 N–H and O–H groups in total. The maximum atomic E-state index is 12.1. The van der Waals surface area contributed by atoms with Gasteiger partial charge in [0.25, 0.3) is 0 Å². The zero-order chi connectivity index (χ0) is 16.9. The molecule has 1 aliphatic rings. The molecular formula is C17H21N5O2. The van der Waals surface area contributed by atoms with Crippen molar-refractivity contribution < 1.29 is 9.59 Å². The highest BCUT2D eigenvalue weighted by Crippen LogP contribution is 2.25. The van der Waals surface area contributed by atoms with Gasteiger partial charge in [-0.15, -0.1) is 0 Å². The summed E-state index contributed by atoms with van der Waals surface area (Å²) in [6.07, 6.45) is 7.92. The molecule has 2 aromatic rings. The molecule has 0 fully saturated rings. The molecule has 0 atom stereocenters. The van der Waals surface area contributed by atoms with Gasteiger partial charge in [0.1, 0.15) is 6.29 Å². The molecule has 0 aliphatic carbocycles. The number of aldehydes is 1. The first-order valence-electron chi connectivity index (χ1n) is 8.05. The molecule has 3 rings (SSSR count).